The molecule has 1 aliphatic heterocycles. The van der Waals surface area contributed by atoms with Gasteiger partial charge < -0.3 is 0 Å². The van der Waals surface area contributed by atoms with Gasteiger partial charge in [0.1, 0.15) is 0 Å². The Bertz CT molecular complexity index is 175. The highest BCUT2D eigenvalue weighted by Gasteiger charge is 2.26. The molecular weight excluding hydrogens is 134 g/mol. The van der Waals surface area contributed by atoms with Gasteiger partial charge in [-0.25, -0.2) is 0 Å². The molecule has 0 aromatic heterocycles. The quantitative estimate of drug-likeness (QED) is 0.504. The number of hydrogen-bond acceptors (Lipinski definition) is 1. The van der Waals surface area contributed by atoms with Crippen LogP contribution in [0.4, 0.5) is 0 Å². The van der Waals surface area contributed by atoms with Crippen LogP contribution in [-0.2, 0) is 0 Å². The zero-order valence-corrected chi connectivity index (χ0v) is 7.89. The van der Waals surface area contributed by atoms with E-state index < -0.39 is 0 Å². The van der Waals surface area contributed by atoms with Gasteiger partial charge in [0, 0.05) is 17.8 Å². The minimum atomic E-state index is 0.243. The maximum Gasteiger partial charge on any atom is 0.0229 e. The summed E-state index contributed by atoms with van der Waals surface area (Å²) in [6, 6.07) is 0. The SMILES string of the molecule is CC1(C)C=CN=CC(C)(C)C1. The lowest BCUT2D eigenvalue weighted by atomic mass is 9.76. The summed E-state index contributed by atoms with van der Waals surface area (Å²) in [6.45, 7) is 8.95. The van der Waals surface area contributed by atoms with Crippen molar-refractivity contribution in [1.82, 2.24) is 0 Å². The monoisotopic (exact) mass is 151 g/mol. The second kappa shape index (κ2) is 2.47. The first kappa shape index (κ1) is 8.51. The van der Waals surface area contributed by atoms with Gasteiger partial charge in [-0.2, -0.15) is 0 Å². The lowest BCUT2D eigenvalue weighted by Gasteiger charge is -2.28. The number of hydrogen-bond donors (Lipinski definition) is 0. The van der Waals surface area contributed by atoms with Gasteiger partial charge in [0.25, 0.3) is 0 Å². The molecular formula is C10H17N. The van der Waals surface area contributed by atoms with E-state index in [9.17, 15) is 0 Å². The molecule has 0 saturated carbocycles. The van der Waals surface area contributed by atoms with Crippen molar-refractivity contribution < 1.29 is 0 Å². The van der Waals surface area contributed by atoms with Crippen LogP contribution in [0, 0.1) is 10.8 Å². The molecule has 11 heavy (non-hydrogen) atoms. The first-order chi connectivity index (χ1) is 4.91. The van der Waals surface area contributed by atoms with Crippen molar-refractivity contribution in [2.45, 2.75) is 34.1 Å². The van der Waals surface area contributed by atoms with Gasteiger partial charge in [0.05, 0.1) is 0 Å². The molecule has 0 aliphatic carbocycles. The molecule has 0 saturated heterocycles. The van der Waals surface area contributed by atoms with Crippen LogP contribution < -0.4 is 0 Å². The summed E-state index contributed by atoms with van der Waals surface area (Å²) in [5, 5.41) is 0. The summed E-state index contributed by atoms with van der Waals surface area (Å²) >= 11 is 0. The van der Waals surface area contributed by atoms with Crippen LogP contribution in [0.2, 0.25) is 0 Å². The summed E-state index contributed by atoms with van der Waals surface area (Å²) in [6.07, 6.45) is 7.30. The maximum absolute atomic E-state index is 4.21. The standard InChI is InChI=1S/C10H17N/c1-9(2)5-6-11-8-10(3,4)7-9/h5-6,8H,7H2,1-4H3. The van der Waals surface area contributed by atoms with Crippen molar-refractivity contribution in [3.63, 3.8) is 0 Å². The van der Waals surface area contributed by atoms with Crippen LogP contribution in [-0.4, -0.2) is 6.21 Å². The van der Waals surface area contributed by atoms with E-state index in [0.717, 1.165) is 0 Å². The third kappa shape index (κ3) is 2.49. The topological polar surface area (TPSA) is 12.4 Å². The maximum atomic E-state index is 4.21. The second-order valence-corrected chi connectivity index (χ2v) is 4.75. The molecule has 1 heterocycles. The van der Waals surface area contributed by atoms with E-state index in [-0.39, 0.29) is 5.41 Å². The van der Waals surface area contributed by atoms with Crippen LogP contribution in [0.3, 0.4) is 0 Å². The fourth-order valence-electron chi connectivity index (χ4n) is 1.77. The molecule has 0 bridgehead atoms. The van der Waals surface area contributed by atoms with Crippen LogP contribution >= 0.6 is 0 Å². The predicted octanol–water partition coefficient (Wildman–Crippen LogP) is 3.03. The minimum Gasteiger partial charge on any atom is -0.269 e. The van der Waals surface area contributed by atoms with Crippen molar-refractivity contribution in [1.29, 1.82) is 0 Å². The average molecular weight is 151 g/mol. The van der Waals surface area contributed by atoms with E-state index in [0.29, 0.717) is 5.41 Å². The Balaban J connectivity index is 2.83. The molecule has 0 N–H and O–H groups in total. The summed E-state index contributed by atoms with van der Waals surface area (Å²) in [7, 11) is 0. The summed E-state index contributed by atoms with van der Waals surface area (Å²) in [5.74, 6) is 0. The summed E-state index contributed by atoms with van der Waals surface area (Å²) < 4.78 is 0. The second-order valence-electron chi connectivity index (χ2n) is 4.75. The minimum absolute atomic E-state index is 0.243. The molecule has 0 spiro atoms. The highest BCUT2D eigenvalue weighted by atomic mass is 14.7. The normalized spacial score (nSPS) is 26.5. The zero-order valence-electron chi connectivity index (χ0n) is 7.89. The molecule has 0 unspecified atom stereocenters. The Morgan fingerprint density at radius 1 is 1.09 bits per heavy atom. The third-order valence-corrected chi connectivity index (χ3v) is 1.95. The fourth-order valence-corrected chi connectivity index (χ4v) is 1.77. The Hall–Kier alpha value is -0.590. The van der Waals surface area contributed by atoms with Crippen molar-refractivity contribution in [3.8, 4) is 0 Å². The number of rotatable bonds is 0. The molecule has 0 amide bonds. The van der Waals surface area contributed by atoms with Crippen LogP contribution in [0.15, 0.2) is 17.3 Å². The van der Waals surface area contributed by atoms with Crippen molar-refractivity contribution in [2.24, 2.45) is 15.8 Å². The van der Waals surface area contributed by atoms with Gasteiger partial charge in [-0.3, -0.25) is 4.99 Å². The van der Waals surface area contributed by atoms with Gasteiger partial charge >= 0.3 is 0 Å². The summed E-state index contributed by atoms with van der Waals surface area (Å²) in [4.78, 5) is 4.21. The molecule has 0 atom stereocenters. The van der Waals surface area contributed by atoms with Crippen molar-refractivity contribution >= 4 is 6.21 Å². The average Bonchev–Trinajstić information content (AvgIpc) is 1.86. The third-order valence-electron chi connectivity index (χ3n) is 1.95. The molecule has 1 aliphatic rings. The van der Waals surface area contributed by atoms with Crippen LogP contribution in [0.25, 0.3) is 0 Å². The Morgan fingerprint density at radius 3 is 2.36 bits per heavy atom. The molecule has 1 rings (SSSR count). The number of nitrogens with zero attached hydrogens (tertiary/aromatic N) is 1. The molecule has 1 heteroatoms. The molecule has 0 radical (unpaired) electrons. The Kier molecular flexibility index (Phi) is 1.91. The van der Waals surface area contributed by atoms with Crippen LogP contribution in [0.1, 0.15) is 34.1 Å². The highest BCUT2D eigenvalue weighted by molar-refractivity contribution is 5.66. The first-order valence-electron chi connectivity index (χ1n) is 4.13. The molecule has 1 nitrogen and oxygen atoms in total. The highest BCUT2D eigenvalue weighted by Crippen LogP contribution is 2.34. The van der Waals surface area contributed by atoms with Crippen molar-refractivity contribution in [3.05, 3.63) is 12.3 Å². The van der Waals surface area contributed by atoms with Gasteiger partial charge in [-0.15, -0.1) is 0 Å². The summed E-state index contributed by atoms with van der Waals surface area (Å²) in [5.41, 5.74) is 0.535. The van der Waals surface area contributed by atoms with E-state index in [1.807, 2.05) is 12.4 Å². The van der Waals surface area contributed by atoms with Crippen molar-refractivity contribution in [2.75, 3.05) is 0 Å². The molecule has 62 valence electrons. The van der Waals surface area contributed by atoms with Gasteiger partial charge in [0.2, 0.25) is 0 Å². The van der Waals surface area contributed by atoms with E-state index in [4.69, 9.17) is 0 Å². The van der Waals surface area contributed by atoms with E-state index >= 15 is 0 Å². The number of allylic oxidation sites excluding steroid dienone is 1. The van der Waals surface area contributed by atoms with E-state index in [1.54, 1.807) is 0 Å². The zero-order chi connectivity index (χ0) is 8.54. The lowest BCUT2D eigenvalue weighted by Crippen LogP contribution is -2.21. The first-order valence-corrected chi connectivity index (χ1v) is 4.13. The van der Waals surface area contributed by atoms with Gasteiger partial charge in [-0.05, 0) is 11.8 Å². The molecule has 0 aromatic rings. The van der Waals surface area contributed by atoms with Crippen LogP contribution in [0.5, 0.6) is 0 Å². The number of aliphatic imine (C=N–C) groups is 1. The Morgan fingerprint density at radius 2 is 1.73 bits per heavy atom. The van der Waals surface area contributed by atoms with Gasteiger partial charge in [0.15, 0.2) is 0 Å². The lowest BCUT2D eigenvalue weighted by molar-refractivity contribution is 0.324. The molecule has 0 aromatic carbocycles. The molecule has 0 fully saturated rings. The van der Waals surface area contributed by atoms with E-state index in [1.165, 1.54) is 6.42 Å². The Labute approximate surface area is 69.2 Å². The van der Waals surface area contributed by atoms with E-state index in [2.05, 4.69) is 38.8 Å². The predicted molar refractivity (Wildman–Crippen MR) is 49.8 cm³/mol. The smallest absolute Gasteiger partial charge is 0.0229 e. The van der Waals surface area contributed by atoms with Gasteiger partial charge in [-0.1, -0.05) is 33.8 Å². The largest absolute Gasteiger partial charge is 0.269 e. The fraction of sp³-hybridized carbons (Fsp3) is 0.700.